The smallest absolute Gasteiger partial charge is 0.230 e. The van der Waals surface area contributed by atoms with E-state index in [9.17, 15) is 13.2 Å². The van der Waals surface area contributed by atoms with Crippen molar-refractivity contribution in [3.63, 3.8) is 0 Å². The summed E-state index contributed by atoms with van der Waals surface area (Å²) in [4.78, 5) is 19.8. The van der Waals surface area contributed by atoms with E-state index in [-0.39, 0.29) is 31.7 Å². The Labute approximate surface area is 181 Å². The molecule has 1 aromatic carbocycles. The summed E-state index contributed by atoms with van der Waals surface area (Å²) in [5, 5.41) is 3.05. The summed E-state index contributed by atoms with van der Waals surface area (Å²) in [5.41, 5.74) is 6.97. The molecule has 0 saturated heterocycles. The Hall–Kier alpha value is -2.14. The highest BCUT2D eigenvalue weighted by Crippen LogP contribution is 2.32. The number of nitrogen functional groups attached to an aromatic ring is 1. The maximum absolute atomic E-state index is 12.6. The third-order valence-electron chi connectivity index (χ3n) is 3.77. The van der Waals surface area contributed by atoms with E-state index in [1.165, 1.54) is 12.1 Å². The number of nitrogens with two attached hydrogens (primary N) is 1. The van der Waals surface area contributed by atoms with Crippen molar-refractivity contribution in [3.05, 3.63) is 58.6 Å². The summed E-state index contributed by atoms with van der Waals surface area (Å²) in [6.07, 6.45) is 1.89. The Bertz CT molecular complexity index is 1100. The molecule has 0 saturated carbocycles. The third kappa shape index (κ3) is 5.69. The summed E-state index contributed by atoms with van der Waals surface area (Å²) in [6, 6.07) is 12.7. The number of carbonyl (C=O) groups excluding carboxylic acids is 1. The first-order valence-corrected chi connectivity index (χ1v) is 12.1. The van der Waals surface area contributed by atoms with Gasteiger partial charge in [0.1, 0.15) is 14.9 Å². The number of benzene rings is 1. The third-order valence-corrected chi connectivity index (χ3v) is 8.13. The van der Waals surface area contributed by atoms with Gasteiger partial charge in [-0.1, -0.05) is 53.7 Å². The Morgan fingerprint density at radius 1 is 1.21 bits per heavy atom. The number of halogens is 1. The number of carbonyl (C=O) groups is 1. The minimum absolute atomic E-state index is 0.0657. The number of hydrogen-bond acceptors (Lipinski definition) is 8. The average molecular weight is 469 g/mol. The molecule has 11 heteroatoms. The van der Waals surface area contributed by atoms with Gasteiger partial charge in [0, 0.05) is 6.54 Å². The fourth-order valence-corrected chi connectivity index (χ4v) is 5.89. The number of nitrogens with zero attached hydrogens (tertiary/aromatic N) is 2. The molecule has 3 N–H and O–H groups in total. The predicted octanol–water partition coefficient (Wildman–Crippen LogP) is 3.06. The summed E-state index contributed by atoms with van der Waals surface area (Å²) < 4.78 is 25.6. The van der Waals surface area contributed by atoms with E-state index in [1.54, 1.807) is 0 Å². The molecule has 0 unspecified atom stereocenters. The second-order valence-corrected chi connectivity index (χ2v) is 10.6. The van der Waals surface area contributed by atoms with E-state index >= 15 is 0 Å². The lowest BCUT2D eigenvalue weighted by atomic mass is 10.1. The van der Waals surface area contributed by atoms with Gasteiger partial charge in [-0.15, -0.1) is 11.3 Å². The molecule has 0 aliphatic heterocycles. The topological polar surface area (TPSA) is 115 Å². The SMILES string of the molecule is Nc1nc(SCC(=O)NCCc2ccccc2)ncc1S(=O)(=O)c1ccc(Cl)s1. The van der Waals surface area contributed by atoms with Crippen molar-refractivity contribution in [2.24, 2.45) is 0 Å². The fraction of sp³-hybridized carbons (Fsp3) is 0.167. The highest BCUT2D eigenvalue weighted by atomic mass is 35.5. The molecule has 0 aliphatic rings. The predicted molar refractivity (Wildman–Crippen MR) is 115 cm³/mol. The van der Waals surface area contributed by atoms with Gasteiger partial charge in [0.2, 0.25) is 15.7 Å². The minimum Gasteiger partial charge on any atom is -0.382 e. The molecule has 2 aromatic heterocycles. The normalized spacial score (nSPS) is 11.3. The Morgan fingerprint density at radius 2 is 1.97 bits per heavy atom. The van der Waals surface area contributed by atoms with Crippen LogP contribution < -0.4 is 11.1 Å². The van der Waals surface area contributed by atoms with E-state index in [4.69, 9.17) is 17.3 Å². The fourth-order valence-electron chi connectivity index (χ4n) is 2.37. The number of nitrogens with one attached hydrogen (secondary N) is 1. The number of amides is 1. The molecule has 0 fully saturated rings. The van der Waals surface area contributed by atoms with E-state index in [0.29, 0.717) is 10.9 Å². The largest absolute Gasteiger partial charge is 0.382 e. The van der Waals surface area contributed by atoms with Crippen molar-refractivity contribution in [2.45, 2.75) is 20.7 Å². The van der Waals surface area contributed by atoms with E-state index in [2.05, 4.69) is 15.3 Å². The molecule has 0 bridgehead atoms. The second kappa shape index (κ2) is 9.57. The van der Waals surface area contributed by atoms with Crippen molar-refractivity contribution < 1.29 is 13.2 Å². The lowest BCUT2D eigenvalue weighted by Gasteiger charge is -2.07. The van der Waals surface area contributed by atoms with Crippen LogP contribution in [0.3, 0.4) is 0 Å². The summed E-state index contributed by atoms with van der Waals surface area (Å²) in [5.74, 6) is -0.240. The zero-order valence-corrected chi connectivity index (χ0v) is 18.2. The van der Waals surface area contributed by atoms with Gasteiger partial charge in [0.05, 0.1) is 16.3 Å². The molecule has 152 valence electrons. The molecule has 7 nitrogen and oxygen atoms in total. The van der Waals surface area contributed by atoms with E-state index in [1.807, 2.05) is 30.3 Å². The van der Waals surface area contributed by atoms with Crippen molar-refractivity contribution in [1.82, 2.24) is 15.3 Å². The molecule has 0 atom stereocenters. The molecular formula is C18H17ClN4O3S3. The summed E-state index contributed by atoms with van der Waals surface area (Å²) >= 11 is 7.82. The van der Waals surface area contributed by atoms with Crippen LogP contribution in [0, 0.1) is 0 Å². The van der Waals surface area contributed by atoms with Gasteiger partial charge in [-0.25, -0.2) is 18.4 Å². The van der Waals surface area contributed by atoms with Gasteiger partial charge in [-0.3, -0.25) is 4.79 Å². The highest BCUT2D eigenvalue weighted by Gasteiger charge is 2.24. The number of aromatic nitrogens is 2. The van der Waals surface area contributed by atoms with Gasteiger partial charge < -0.3 is 11.1 Å². The Kier molecular flexibility index (Phi) is 7.12. The first-order valence-electron chi connectivity index (χ1n) is 8.42. The number of thioether (sulfide) groups is 1. The Balaban J connectivity index is 1.55. The van der Waals surface area contributed by atoms with Crippen LogP contribution in [0.4, 0.5) is 5.82 Å². The summed E-state index contributed by atoms with van der Waals surface area (Å²) in [6.45, 7) is 0.521. The number of hydrogen-bond donors (Lipinski definition) is 2. The Morgan fingerprint density at radius 3 is 2.62 bits per heavy atom. The van der Waals surface area contributed by atoms with Gasteiger partial charge in [-0.05, 0) is 24.1 Å². The highest BCUT2D eigenvalue weighted by molar-refractivity contribution is 7.99. The lowest BCUT2D eigenvalue weighted by molar-refractivity contribution is -0.118. The standard InChI is InChI=1S/C18H17ClN4O3S3/c19-14-6-7-16(28-14)29(25,26)13-10-22-18(23-17(13)20)27-11-15(24)21-9-8-12-4-2-1-3-5-12/h1-7,10H,8-9,11H2,(H,21,24)(H2,20,22,23). The van der Waals surface area contributed by atoms with Crippen molar-refractivity contribution >= 4 is 56.3 Å². The van der Waals surface area contributed by atoms with Crippen LogP contribution in [-0.2, 0) is 21.1 Å². The number of sulfone groups is 1. The van der Waals surface area contributed by atoms with Gasteiger partial charge in [-0.2, -0.15) is 0 Å². The maximum atomic E-state index is 12.6. The molecule has 3 aromatic rings. The number of anilines is 1. The lowest BCUT2D eigenvalue weighted by Crippen LogP contribution is -2.27. The first kappa shape index (κ1) is 21.6. The zero-order valence-electron chi connectivity index (χ0n) is 15.0. The molecule has 0 aliphatic carbocycles. The van der Waals surface area contributed by atoms with Crippen molar-refractivity contribution in [3.8, 4) is 0 Å². The van der Waals surface area contributed by atoms with Gasteiger partial charge >= 0.3 is 0 Å². The maximum Gasteiger partial charge on any atom is 0.230 e. The van der Waals surface area contributed by atoms with Gasteiger partial charge in [0.15, 0.2) is 5.16 Å². The van der Waals surface area contributed by atoms with Crippen LogP contribution in [0.5, 0.6) is 0 Å². The van der Waals surface area contributed by atoms with Crippen LogP contribution in [-0.4, -0.2) is 36.6 Å². The molecule has 0 radical (unpaired) electrons. The monoisotopic (exact) mass is 468 g/mol. The number of rotatable bonds is 8. The van der Waals surface area contributed by atoms with Gasteiger partial charge in [0.25, 0.3) is 0 Å². The van der Waals surface area contributed by atoms with E-state index < -0.39 is 9.84 Å². The van der Waals surface area contributed by atoms with Crippen LogP contribution in [0.25, 0.3) is 0 Å². The summed E-state index contributed by atoms with van der Waals surface area (Å²) in [7, 11) is -3.84. The first-order chi connectivity index (χ1) is 13.9. The molecular weight excluding hydrogens is 452 g/mol. The van der Waals surface area contributed by atoms with Crippen molar-refractivity contribution in [2.75, 3.05) is 18.0 Å². The molecule has 0 spiro atoms. The van der Waals surface area contributed by atoms with Crippen LogP contribution in [0.15, 0.2) is 62.9 Å². The van der Waals surface area contributed by atoms with E-state index in [0.717, 1.165) is 41.3 Å². The van der Waals surface area contributed by atoms with Crippen LogP contribution >= 0.6 is 34.7 Å². The second-order valence-electron chi connectivity index (χ2n) is 5.84. The number of thiophene rings is 1. The zero-order chi connectivity index (χ0) is 20.9. The average Bonchev–Trinajstić information content (AvgIpc) is 3.14. The van der Waals surface area contributed by atoms with Crippen molar-refractivity contribution in [1.29, 1.82) is 0 Å². The minimum atomic E-state index is -3.84. The molecule has 29 heavy (non-hydrogen) atoms. The quantitative estimate of drug-likeness (QED) is 0.385. The molecule has 1 amide bonds. The van der Waals surface area contributed by atoms with Crippen LogP contribution in [0.2, 0.25) is 4.34 Å². The molecule has 2 heterocycles. The molecule has 3 rings (SSSR count). The van der Waals surface area contributed by atoms with Crippen LogP contribution in [0.1, 0.15) is 5.56 Å².